The van der Waals surface area contributed by atoms with E-state index in [0.29, 0.717) is 0 Å². The summed E-state index contributed by atoms with van der Waals surface area (Å²) in [7, 11) is 1.91. The number of nitrogens with one attached hydrogen (secondary N) is 1. The highest BCUT2D eigenvalue weighted by atomic mass is 16.5. The van der Waals surface area contributed by atoms with E-state index in [-0.39, 0.29) is 0 Å². The van der Waals surface area contributed by atoms with Gasteiger partial charge in [0.05, 0.1) is 0 Å². The van der Waals surface area contributed by atoms with Crippen LogP contribution in [0.15, 0.2) is 28.8 Å². The monoisotopic (exact) mass is 230 g/mol. The van der Waals surface area contributed by atoms with Gasteiger partial charge in [-0.15, -0.1) is 0 Å². The smallest absolute Gasteiger partial charge is 0.170 e. The summed E-state index contributed by atoms with van der Waals surface area (Å²) in [6, 6.07) is 8.45. The van der Waals surface area contributed by atoms with Crippen molar-refractivity contribution < 1.29 is 4.52 Å². The van der Waals surface area contributed by atoms with Crippen molar-refractivity contribution in [2.45, 2.75) is 26.8 Å². The molecule has 1 N–H and O–H groups in total. The summed E-state index contributed by atoms with van der Waals surface area (Å²) in [4.78, 5) is 0. The van der Waals surface area contributed by atoms with Gasteiger partial charge in [-0.05, 0) is 26.0 Å². The normalized spacial score (nSPS) is 10.8. The predicted molar refractivity (Wildman–Crippen MR) is 68.8 cm³/mol. The van der Waals surface area contributed by atoms with E-state index in [9.17, 15) is 0 Å². The van der Waals surface area contributed by atoms with Crippen LogP contribution in [0.25, 0.3) is 11.3 Å². The summed E-state index contributed by atoms with van der Waals surface area (Å²) >= 11 is 0. The average molecular weight is 230 g/mol. The molecule has 1 heterocycles. The molecule has 0 aliphatic heterocycles. The Bertz CT molecular complexity index is 485. The van der Waals surface area contributed by atoms with Crippen molar-refractivity contribution in [3.8, 4) is 11.3 Å². The molecule has 1 aromatic heterocycles. The van der Waals surface area contributed by atoms with Crippen LogP contribution in [-0.4, -0.2) is 12.2 Å². The van der Waals surface area contributed by atoms with Gasteiger partial charge >= 0.3 is 0 Å². The third-order valence-corrected chi connectivity index (χ3v) is 2.99. The lowest BCUT2D eigenvalue weighted by Gasteiger charge is -2.00. The summed E-state index contributed by atoms with van der Waals surface area (Å²) < 4.78 is 5.42. The number of benzene rings is 1. The molecule has 0 amide bonds. The second-order valence-electron chi connectivity index (χ2n) is 4.16. The molecule has 1 aromatic carbocycles. The maximum atomic E-state index is 5.42. The minimum Gasteiger partial charge on any atom is -0.356 e. The fourth-order valence-corrected chi connectivity index (χ4v) is 1.86. The van der Waals surface area contributed by atoms with E-state index in [0.717, 1.165) is 35.5 Å². The van der Waals surface area contributed by atoms with Gasteiger partial charge in [-0.1, -0.05) is 36.3 Å². The lowest BCUT2D eigenvalue weighted by molar-refractivity contribution is 0.421. The minimum atomic E-state index is 0.738. The van der Waals surface area contributed by atoms with Crippen molar-refractivity contribution in [1.29, 1.82) is 0 Å². The number of rotatable bonds is 4. The maximum absolute atomic E-state index is 5.42. The molecule has 0 aliphatic carbocycles. The van der Waals surface area contributed by atoms with Crippen LogP contribution < -0.4 is 5.32 Å². The van der Waals surface area contributed by atoms with Gasteiger partial charge in [-0.3, -0.25) is 0 Å². The van der Waals surface area contributed by atoms with Gasteiger partial charge in [0.1, 0.15) is 5.69 Å². The van der Waals surface area contributed by atoms with Gasteiger partial charge in [0.15, 0.2) is 5.76 Å². The van der Waals surface area contributed by atoms with Crippen molar-refractivity contribution in [3.63, 3.8) is 0 Å². The summed E-state index contributed by atoms with van der Waals surface area (Å²) in [5.41, 5.74) is 4.52. The molecule has 0 radical (unpaired) electrons. The average Bonchev–Trinajstić information content (AvgIpc) is 2.72. The fourth-order valence-electron chi connectivity index (χ4n) is 1.86. The largest absolute Gasteiger partial charge is 0.356 e. The second kappa shape index (κ2) is 5.15. The molecule has 3 heteroatoms. The first-order chi connectivity index (χ1) is 8.26. The molecule has 0 aliphatic rings. The minimum absolute atomic E-state index is 0.738. The van der Waals surface area contributed by atoms with Gasteiger partial charge in [0.25, 0.3) is 0 Å². The summed E-state index contributed by atoms with van der Waals surface area (Å²) in [5, 5.41) is 7.17. The van der Waals surface area contributed by atoms with Crippen molar-refractivity contribution >= 4 is 0 Å². The van der Waals surface area contributed by atoms with Crippen molar-refractivity contribution in [2.75, 3.05) is 7.05 Å². The first-order valence-corrected chi connectivity index (χ1v) is 5.95. The Hall–Kier alpha value is -1.61. The molecular formula is C14H18N2O. The molecule has 0 unspecified atom stereocenters. The van der Waals surface area contributed by atoms with E-state index in [1.807, 2.05) is 14.0 Å². The molecule has 0 saturated carbocycles. The second-order valence-corrected chi connectivity index (χ2v) is 4.16. The number of hydrogen-bond acceptors (Lipinski definition) is 3. The van der Waals surface area contributed by atoms with E-state index in [2.05, 4.69) is 41.7 Å². The molecule has 0 spiro atoms. The Kier molecular flexibility index (Phi) is 3.59. The van der Waals surface area contributed by atoms with E-state index in [1.165, 1.54) is 5.56 Å². The van der Waals surface area contributed by atoms with Gasteiger partial charge < -0.3 is 9.84 Å². The highest BCUT2D eigenvalue weighted by Crippen LogP contribution is 2.25. The Balaban J connectivity index is 2.32. The molecule has 0 bridgehead atoms. The van der Waals surface area contributed by atoms with Gasteiger partial charge in [0.2, 0.25) is 0 Å². The highest BCUT2D eigenvalue weighted by molar-refractivity contribution is 5.61. The van der Waals surface area contributed by atoms with Crippen LogP contribution in [0.1, 0.15) is 23.7 Å². The zero-order valence-electron chi connectivity index (χ0n) is 10.6. The van der Waals surface area contributed by atoms with Crippen LogP contribution in [-0.2, 0) is 13.0 Å². The quantitative estimate of drug-likeness (QED) is 0.877. The number of nitrogens with zero attached hydrogens (tertiary/aromatic N) is 1. The first-order valence-electron chi connectivity index (χ1n) is 5.95. The van der Waals surface area contributed by atoms with Crippen LogP contribution in [0.3, 0.4) is 0 Å². The van der Waals surface area contributed by atoms with Crippen LogP contribution in [0.4, 0.5) is 0 Å². The van der Waals surface area contributed by atoms with Crippen LogP contribution >= 0.6 is 0 Å². The summed E-state index contributed by atoms with van der Waals surface area (Å²) in [6.45, 7) is 4.94. The van der Waals surface area contributed by atoms with Crippen LogP contribution in [0.2, 0.25) is 0 Å². The SMILES string of the molecule is CCc1ccc(-c2onc(CNC)c2C)cc1. The van der Waals surface area contributed by atoms with Crippen LogP contribution in [0, 0.1) is 6.92 Å². The van der Waals surface area contributed by atoms with E-state index in [4.69, 9.17) is 4.52 Å². The van der Waals surface area contributed by atoms with E-state index < -0.39 is 0 Å². The Labute approximate surface area is 102 Å². The molecule has 90 valence electrons. The number of aryl methyl sites for hydroxylation is 1. The molecular weight excluding hydrogens is 212 g/mol. The molecule has 0 atom stereocenters. The summed E-state index contributed by atoms with van der Waals surface area (Å²) in [6.07, 6.45) is 1.06. The van der Waals surface area contributed by atoms with Crippen molar-refractivity contribution in [1.82, 2.24) is 10.5 Å². The standard InChI is InChI=1S/C14H18N2O/c1-4-11-5-7-12(8-6-11)14-10(2)13(9-15-3)16-17-14/h5-8,15H,4,9H2,1-3H3. The van der Waals surface area contributed by atoms with Crippen molar-refractivity contribution in [3.05, 3.63) is 41.1 Å². The van der Waals surface area contributed by atoms with Gasteiger partial charge in [0, 0.05) is 17.7 Å². The van der Waals surface area contributed by atoms with E-state index >= 15 is 0 Å². The van der Waals surface area contributed by atoms with E-state index in [1.54, 1.807) is 0 Å². The third kappa shape index (κ3) is 2.39. The zero-order valence-corrected chi connectivity index (χ0v) is 10.6. The van der Waals surface area contributed by atoms with Gasteiger partial charge in [-0.2, -0.15) is 0 Å². The lowest BCUT2D eigenvalue weighted by Crippen LogP contribution is -2.06. The third-order valence-electron chi connectivity index (χ3n) is 2.99. The Morgan fingerprint density at radius 2 is 1.94 bits per heavy atom. The van der Waals surface area contributed by atoms with Gasteiger partial charge in [-0.25, -0.2) is 0 Å². The first kappa shape index (κ1) is 11.9. The molecule has 3 nitrogen and oxygen atoms in total. The number of aromatic nitrogens is 1. The van der Waals surface area contributed by atoms with Crippen molar-refractivity contribution in [2.24, 2.45) is 0 Å². The Morgan fingerprint density at radius 3 is 2.53 bits per heavy atom. The molecule has 2 rings (SSSR count). The molecule has 17 heavy (non-hydrogen) atoms. The number of hydrogen-bond donors (Lipinski definition) is 1. The molecule has 0 fully saturated rings. The maximum Gasteiger partial charge on any atom is 0.170 e. The predicted octanol–water partition coefficient (Wildman–Crippen LogP) is 2.93. The molecule has 0 saturated heterocycles. The fraction of sp³-hybridized carbons (Fsp3) is 0.357. The highest BCUT2D eigenvalue weighted by Gasteiger charge is 2.12. The zero-order chi connectivity index (χ0) is 12.3. The van der Waals surface area contributed by atoms with Crippen LogP contribution in [0.5, 0.6) is 0 Å². The molecule has 2 aromatic rings. The Morgan fingerprint density at radius 1 is 1.24 bits per heavy atom. The summed E-state index contributed by atoms with van der Waals surface area (Å²) in [5.74, 6) is 0.873. The topological polar surface area (TPSA) is 38.1 Å². The lowest BCUT2D eigenvalue weighted by atomic mass is 10.0.